The van der Waals surface area contributed by atoms with Gasteiger partial charge in [0, 0.05) is 11.9 Å². The van der Waals surface area contributed by atoms with Gasteiger partial charge in [0.1, 0.15) is 5.75 Å². The summed E-state index contributed by atoms with van der Waals surface area (Å²) in [6.07, 6.45) is -9.15. The molecule has 0 heterocycles. The monoisotopic (exact) mass is 365 g/mol. The van der Waals surface area contributed by atoms with E-state index in [1.807, 2.05) is 0 Å². The van der Waals surface area contributed by atoms with Gasteiger partial charge in [0.25, 0.3) is 0 Å². The van der Waals surface area contributed by atoms with Gasteiger partial charge in [0.2, 0.25) is 0 Å². The molecule has 22 heavy (non-hydrogen) atoms. The molecule has 0 atom stereocenters. The number of halogens is 6. The van der Waals surface area contributed by atoms with Crippen LogP contribution in [0.5, 0.6) is 0 Å². The van der Waals surface area contributed by atoms with Crippen molar-refractivity contribution >= 4 is 32.7 Å². The van der Waals surface area contributed by atoms with Crippen molar-refractivity contribution < 1.29 is 34.8 Å². The van der Waals surface area contributed by atoms with Gasteiger partial charge in [-0.3, -0.25) is 0 Å². The molecule has 0 aliphatic heterocycles. The second-order valence-corrected chi connectivity index (χ2v) is 7.05. The summed E-state index contributed by atoms with van der Waals surface area (Å²) in [6.45, 7) is 0. The highest BCUT2D eigenvalue weighted by molar-refractivity contribution is 7.93. The number of nitrogens with one attached hydrogen (secondary N) is 1. The first-order valence-corrected chi connectivity index (χ1v) is 7.92. The quantitative estimate of drug-likeness (QED) is 0.658. The number of thiocarbonyl (C=S) groups is 1. The van der Waals surface area contributed by atoms with Crippen LogP contribution in [0.4, 0.5) is 32.0 Å². The zero-order valence-electron chi connectivity index (χ0n) is 10.8. The maximum absolute atomic E-state index is 12.6. The van der Waals surface area contributed by atoms with Gasteiger partial charge in [-0.15, -0.1) is 0 Å². The Balaban J connectivity index is 3.22. The molecule has 0 aromatic heterocycles. The van der Waals surface area contributed by atoms with E-state index in [-0.39, 0.29) is 6.07 Å². The number of anilines is 1. The lowest BCUT2D eigenvalue weighted by molar-refractivity contribution is -0.143. The molecule has 1 N–H and O–H groups in total. The lowest BCUT2D eigenvalue weighted by atomic mass is 10.1. The zero-order chi connectivity index (χ0) is 17.3. The van der Waals surface area contributed by atoms with Gasteiger partial charge in [0.15, 0.2) is 9.84 Å². The van der Waals surface area contributed by atoms with Crippen molar-refractivity contribution in [1.82, 2.24) is 0 Å². The largest absolute Gasteiger partial charge is 0.416 e. The minimum Gasteiger partial charge on any atom is -0.349 e. The molecule has 0 saturated carbocycles. The van der Waals surface area contributed by atoms with Gasteiger partial charge in [-0.1, -0.05) is 12.2 Å². The molecule has 0 aliphatic carbocycles. The molecule has 0 aliphatic rings. The lowest BCUT2D eigenvalue weighted by Crippen LogP contribution is -2.21. The van der Waals surface area contributed by atoms with E-state index in [4.69, 9.17) is 0 Å². The third-order valence-electron chi connectivity index (χ3n) is 2.26. The Hall–Kier alpha value is -1.36. The van der Waals surface area contributed by atoms with Crippen LogP contribution in [0.25, 0.3) is 0 Å². The molecule has 1 aromatic rings. The Morgan fingerprint density at radius 3 is 1.77 bits per heavy atom. The molecular formula is C11H9F6NO2S2. The number of benzene rings is 1. The molecule has 124 valence electrons. The molecule has 0 saturated heterocycles. The van der Waals surface area contributed by atoms with Crippen LogP contribution in [0.2, 0.25) is 0 Å². The predicted octanol–water partition coefficient (Wildman–Crippen LogP) is 3.51. The maximum atomic E-state index is 12.6. The maximum Gasteiger partial charge on any atom is 0.416 e. The Morgan fingerprint density at radius 2 is 1.45 bits per heavy atom. The topological polar surface area (TPSA) is 46.2 Å². The molecule has 11 heteroatoms. The average Bonchev–Trinajstić information content (AvgIpc) is 2.23. The van der Waals surface area contributed by atoms with Crippen molar-refractivity contribution in [1.29, 1.82) is 0 Å². The third-order valence-corrected chi connectivity index (χ3v) is 3.51. The molecule has 0 radical (unpaired) electrons. The molecule has 0 fully saturated rings. The first-order valence-electron chi connectivity index (χ1n) is 5.45. The summed E-state index contributed by atoms with van der Waals surface area (Å²) in [7, 11) is -3.57. The van der Waals surface area contributed by atoms with Gasteiger partial charge in [-0.2, -0.15) is 26.3 Å². The first-order chi connectivity index (χ1) is 9.68. The second kappa shape index (κ2) is 6.03. The third kappa shape index (κ3) is 5.79. The van der Waals surface area contributed by atoms with Crippen LogP contribution in [0.3, 0.4) is 0 Å². The normalized spacial score (nSPS) is 13.0. The fraction of sp³-hybridized carbons (Fsp3) is 0.364. The fourth-order valence-corrected chi connectivity index (χ4v) is 2.77. The molecule has 3 nitrogen and oxygen atoms in total. The second-order valence-electron chi connectivity index (χ2n) is 4.41. The highest BCUT2D eigenvalue weighted by atomic mass is 32.2. The van der Waals surface area contributed by atoms with Crippen LogP contribution in [-0.2, 0) is 22.2 Å². The van der Waals surface area contributed by atoms with Crippen LogP contribution < -0.4 is 5.32 Å². The van der Waals surface area contributed by atoms with Crippen molar-refractivity contribution in [2.24, 2.45) is 0 Å². The van der Waals surface area contributed by atoms with E-state index in [0.29, 0.717) is 12.1 Å². The van der Waals surface area contributed by atoms with Crippen molar-refractivity contribution in [3.63, 3.8) is 0 Å². The highest BCUT2D eigenvalue weighted by Gasteiger charge is 2.37. The highest BCUT2D eigenvalue weighted by Crippen LogP contribution is 2.37. The van der Waals surface area contributed by atoms with Gasteiger partial charge in [0.05, 0.1) is 16.1 Å². The average molecular weight is 365 g/mol. The number of rotatable bonds is 3. The standard InChI is InChI=1S/C11H9F6NO2S2/c1-22(19,20)5-9(21)18-8-3-6(10(12,13)14)2-7(4-8)11(15,16)17/h2-4H,5H2,1H3,(H,18,21). The SMILES string of the molecule is CS(=O)(=O)CC(=S)Nc1cc(C(F)(F)F)cc(C(F)(F)F)c1. The Morgan fingerprint density at radius 1 is 1.05 bits per heavy atom. The number of alkyl halides is 6. The Bertz CT molecular complexity index is 647. The van der Waals surface area contributed by atoms with Gasteiger partial charge in [-0.05, 0) is 18.2 Å². The number of hydrogen-bond donors (Lipinski definition) is 1. The Labute approximate surface area is 127 Å². The summed E-state index contributed by atoms with van der Waals surface area (Å²) in [5, 5.41) is 2.08. The van der Waals surface area contributed by atoms with Gasteiger partial charge >= 0.3 is 12.4 Å². The van der Waals surface area contributed by atoms with E-state index < -0.39 is 49.7 Å². The van der Waals surface area contributed by atoms with Crippen LogP contribution in [0.15, 0.2) is 18.2 Å². The van der Waals surface area contributed by atoms with Crippen molar-refractivity contribution in [2.75, 3.05) is 17.3 Å². The summed E-state index contributed by atoms with van der Waals surface area (Å²) >= 11 is 4.60. The van der Waals surface area contributed by atoms with E-state index in [9.17, 15) is 34.8 Å². The molecule has 1 rings (SSSR count). The van der Waals surface area contributed by atoms with E-state index >= 15 is 0 Å². The minimum atomic E-state index is -4.99. The first kappa shape index (κ1) is 18.7. The van der Waals surface area contributed by atoms with Crippen molar-refractivity contribution in [2.45, 2.75) is 12.4 Å². The predicted molar refractivity (Wildman–Crippen MR) is 72.4 cm³/mol. The minimum absolute atomic E-state index is 0.0369. The van der Waals surface area contributed by atoms with Gasteiger partial charge in [-0.25, -0.2) is 8.42 Å². The van der Waals surface area contributed by atoms with Crippen molar-refractivity contribution in [3.05, 3.63) is 29.3 Å². The summed E-state index contributed by atoms with van der Waals surface area (Å²) in [6, 6.07) is 0.804. The summed E-state index contributed by atoms with van der Waals surface area (Å²) < 4.78 is 97.7. The fourth-order valence-electron chi connectivity index (χ4n) is 1.46. The van der Waals surface area contributed by atoms with Crippen LogP contribution in [0.1, 0.15) is 11.1 Å². The van der Waals surface area contributed by atoms with E-state index in [1.165, 1.54) is 0 Å². The van der Waals surface area contributed by atoms with Crippen LogP contribution in [-0.4, -0.2) is 25.4 Å². The van der Waals surface area contributed by atoms with E-state index in [0.717, 1.165) is 6.26 Å². The summed E-state index contributed by atoms with van der Waals surface area (Å²) in [5.41, 5.74) is -3.63. The van der Waals surface area contributed by atoms with Crippen LogP contribution in [0, 0.1) is 0 Å². The smallest absolute Gasteiger partial charge is 0.349 e. The number of hydrogen-bond acceptors (Lipinski definition) is 3. The molecule has 0 amide bonds. The lowest BCUT2D eigenvalue weighted by Gasteiger charge is -2.15. The molecule has 0 unspecified atom stereocenters. The molecule has 1 aromatic carbocycles. The summed E-state index contributed by atoms with van der Waals surface area (Å²) in [4.78, 5) is -0.407. The Kier molecular flexibility index (Phi) is 5.12. The van der Waals surface area contributed by atoms with E-state index in [1.54, 1.807) is 0 Å². The summed E-state index contributed by atoms with van der Waals surface area (Å²) in [5.74, 6) is -0.695. The number of sulfone groups is 1. The van der Waals surface area contributed by atoms with Gasteiger partial charge < -0.3 is 5.32 Å². The zero-order valence-corrected chi connectivity index (χ0v) is 12.5. The van der Waals surface area contributed by atoms with E-state index in [2.05, 4.69) is 17.5 Å². The van der Waals surface area contributed by atoms with Crippen molar-refractivity contribution in [3.8, 4) is 0 Å². The molecule has 0 spiro atoms. The molecular weight excluding hydrogens is 356 g/mol. The molecule has 0 bridgehead atoms. The van der Waals surface area contributed by atoms with Crippen LogP contribution >= 0.6 is 12.2 Å².